The van der Waals surface area contributed by atoms with E-state index in [2.05, 4.69) is 25.1 Å². The van der Waals surface area contributed by atoms with E-state index in [4.69, 9.17) is 5.73 Å². The minimum absolute atomic E-state index is 0.0835. The second-order valence-electron chi connectivity index (χ2n) is 5.82. The van der Waals surface area contributed by atoms with E-state index in [1.54, 1.807) is 42.9 Å². The summed E-state index contributed by atoms with van der Waals surface area (Å²) < 4.78 is 0. The van der Waals surface area contributed by atoms with Crippen molar-refractivity contribution in [2.45, 2.75) is 0 Å². The number of piperazine rings is 1. The fourth-order valence-corrected chi connectivity index (χ4v) is 2.71. The molecule has 25 heavy (non-hydrogen) atoms. The van der Waals surface area contributed by atoms with Crippen LogP contribution in [0, 0.1) is 0 Å². The van der Waals surface area contributed by atoms with Gasteiger partial charge in [0.25, 0.3) is 0 Å². The van der Waals surface area contributed by atoms with Crippen molar-refractivity contribution in [3.63, 3.8) is 0 Å². The van der Waals surface area contributed by atoms with Crippen LogP contribution in [0.4, 0.5) is 11.5 Å². The minimum atomic E-state index is -0.487. The molecule has 0 saturated carbocycles. The zero-order valence-electron chi connectivity index (χ0n) is 13.8. The van der Waals surface area contributed by atoms with E-state index in [9.17, 15) is 9.59 Å². The Morgan fingerprint density at radius 2 is 1.80 bits per heavy atom. The van der Waals surface area contributed by atoms with Gasteiger partial charge in [-0.15, -0.1) is 0 Å². The van der Waals surface area contributed by atoms with Crippen molar-refractivity contribution in [1.82, 2.24) is 14.9 Å². The summed E-state index contributed by atoms with van der Waals surface area (Å²) in [6, 6.07) is 6.53. The molecule has 1 fully saturated rings. The lowest BCUT2D eigenvalue weighted by molar-refractivity contribution is -0.117. The van der Waals surface area contributed by atoms with E-state index >= 15 is 0 Å². The molecule has 0 radical (unpaired) electrons. The fourth-order valence-electron chi connectivity index (χ4n) is 2.71. The largest absolute Gasteiger partial charge is 0.366 e. The third-order valence-corrected chi connectivity index (χ3v) is 4.07. The van der Waals surface area contributed by atoms with Crippen LogP contribution in [0.3, 0.4) is 0 Å². The number of nitrogens with zero attached hydrogens (tertiary/aromatic N) is 4. The van der Waals surface area contributed by atoms with Crippen LogP contribution in [-0.4, -0.2) is 59.4 Å². The van der Waals surface area contributed by atoms with Crippen molar-refractivity contribution in [1.29, 1.82) is 0 Å². The maximum Gasteiger partial charge on any atom is 0.248 e. The number of nitrogens with two attached hydrogens (primary N) is 1. The van der Waals surface area contributed by atoms with Crippen LogP contribution in [0.1, 0.15) is 10.4 Å². The van der Waals surface area contributed by atoms with Crippen LogP contribution < -0.4 is 16.0 Å². The highest BCUT2D eigenvalue weighted by molar-refractivity contribution is 5.95. The molecule has 3 N–H and O–H groups in total. The molecule has 8 nitrogen and oxygen atoms in total. The first-order chi connectivity index (χ1) is 12.1. The molecule has 1 aromatic heterocycles. The van der Waals surface area contributed by atoms with E-state index in [0.717, 1.165) is 32.0 Å². The summed E-state index contributed by atoms with van der Waals surface area (Å²) in [5.74, 6) is 0.291. The summed E-state index contributed by atoms with van der Waals surface area (Å²) in [5, 5.41) is 2.83. The Morgan fingerprint density at radius 3 is 2.40 bits per heavy atom. The first kappa shape index (κ1) is 16.8. The molecule has 8 heteroatoms. The summed E-state index contributed by atoms with van der Waals surface area (Å²) in [6.07, 6.45) is 5.08. The number of aromatic nitrogens is 2. The quantitative estimate of drug-likeness (QED) is 0.813. The molecule has 2 amide bonds. The predicted octanol–water partition coefficient (Wildman–Crippen LogP) is 0.336. The van der Waals surface area contributed by atoms with Crippen molar-refractivity contribution in [3.05, 3.63) is 48.4 Å². The van der Waals surface area contributed by atoms with Crippen LogP contribution in [-0.2, 0) is 4.79 Å². The van der Waals surface area contributed by atoms with Gasteiger partial charge in [0.05, 0.1) is 12.7 Å². The molecule has 0 spiro atoms. The molecule has 0 atom stereocenters. The van der Waals surface area contributed by atoms with Gasteiger partial charge in [-0.25, -0.2) is 4.98 Å². The van der Waals surface area contributed by atoms with E-state index in [1.807, 2.05) is 0 Å². The van der Waals surface area contributed by atoms with Gasteiger partial charge in [0.1, 0.15) is 5.82 Å². The zero-order chi connectivity index (χ0) is 17.6. The second kappa shape index (κ2) is 7.71. The number of carbonyl (C=O) groups is 2. The number of hydrogen-bond acceptors (Lipinski definition) is 6. The standard InChI is InChI=1S/C17H20N6O2/c18-17(25)13-1-3-14(4-2-13)21-16(24)12-22-7-9-23(10-8-22)15-11-19-5-6-20-15/h1-6,11H,7-10,12H2,(H2,18,25)(H,21,24). The molecule has 1 saturated heterocycles. The molecule has 0 aliphatic carbocycles. The van der Waals surface area contributed by atoms with Gasteiger partial charge >= 0.3 is 0 Å². The molecular formula is C17H20N6O2. The Labute approximate surface area is 145 Å². The molecule has 3 rings (SSSR count). The normalized spacial score (nSPS) is 15.0. The van der Waals surface area contributed by atoms with Crippen molar-refractivity contribution in [2.75, 3.05) is 42.9 Å². The van der Waals surface area contributed by atoms with Gasteiger partial charge in [-0.3, -0.25) is 19.5 Å². The van der Waals surface area contributed by atoms with Crippen LogP contribution in [0.2, 0.25) is 0 Å². The summed E-state index contributed by atoms with van der Waals surface area (Å²) in [4.78, 5) is 35.8. The number of primary amides is 1. The topological polar surface area (TPSA) is 104 Å². The Hall–Kier alpha value is -3.00. The first-order valence-electron chi connectivity index (χ1n) is 8.05. The SMILES string of the molecule is NC(=O)c1ccc(NC(=O)CN2CCN(c3cnccn3)CC2)cc1. The van der Waals surface area contributed by atoms with Crippen LogP contribution in [0.25, 0.3) is 0 Å². The Kier molecular flexibility index (Phi) is 5.20. The molecular weight excluding hydrogens is 320 g/mol. The Morgan fingerprint density at radius 1 is 1.08 bits per heavy atom. The third-order valence-electron chi connectivity index (χ3n) is 4.07. The summed E-state index contributed by atoms with van der Waals surface area (Å²) >= 11 is 0. The van der Waals surface area contributed by atoms with Crippen molar-refractivity contribution in [2.24, 2.45) is 5.73 Å². The van der Waals surface area contributed by atoms with Gasteiger partial charge in [-0.2, -0.15) is 0 Å². The Bertz CT molecular complexity index is 727. The second-order valence-corrected chi connectivity index (χ2v) is 5.82. The smallest absolute Gasteiger partial charge is 0.248 e. The number of hydrogen-bond donors (Lipinski definition) is 2. The monoisotopic (exact) mass is 340 g/mol. The lowest BCUT2D eigenvalue weighted by Gasteiger charge is -2.34. The number of anilines is 2. The average molecular weight is 340 g/mol. The summed E-state index contributed by atoms with van der Waals surface area (Å²) in [5.41, 5.74) is 6.26. The molecule has 1 aliphatic rings. The molecule has 2 aromatic rings. The van der Waals surface area contributed by atoms with E-state index in [1.165, 1.54) is 0 Å². The minimum Gasteiger partial charge on any atom is -0.366 e. The van der Waals surface area contributed by atoms with E-state index in [0.29, 0.717) is 17.8 Å². The van der Waals surface area contributed by atoms with Gasteiger partial charge in [-0.1, -0.05) is 0 Å². The Balaban J connectivity index is 1.47. The van der Waals surface area contributed by atoms with Gasteiger partial charge in [0.2, 0.25) is 11.8 Å². The van der Waals surface area contributed by atoms with Crippen LogP contribution >= 0.6 is 0 Å². The number of benzene rings is 1. The molecule has 1 aromatic carbocycles. The van der Waals surface area contributed by atoms with Gasteiger partial charge in [0, 0.05) is 49.8 Å². The van der Waals surface area contributed by atoms with Gasteiger partial charge in [0.15, 0.2) is 0 Å². The number of nitrogens with one attached hydrogen (secondary N) is 1. The van der Waals surface area contributed by atoms with Gasteiger partial charge < -0.3 is 16.0 Å². The van der Waals surface area contributed by atoms with Crippen LogP contribution in [0.15, 0.2) is 42.9 Å². The van der Waals surface area contributed by atoms with Crippen molar-refractivity contribution in [3.8, 4) is 0 Å². The molecule has 130 valence electrons. The summed E-state index contributed by atoms with van der Waals surface area (Å²) in [7, 11) is 0. The predicted molar refractivity (Wildman–Crippen MR) is 94.3 cm³/mol. The third kappa shape index (κ3) is 4.51. The number of amides is 2. The fraction of sp³-hybridized carbons (Fsp3) is 0.294. The first-order valence-corrected chi connectivity index (χ1v) is 8.05. The summed E-state index contributed by atoms with van der Waals surface area (Å²) in [6.45, 7) is 3.50. The maximum atomic E-state index is 12.2. The van der Waals surface area contributed by atoms with E-state index in [-0.39, 0.29) is 5.91 Å². The zero-order valence-corrected chi connectivity index (χ0v) is 13.8. The lowest BCUT2D eigenvalue weighted by atomic mass is 10.2. The average Bonchev–Trinajstić information content (AvgIpc) is 2.63. The van der Waals surface area contributed by atoms with Gasteiger partial charge in [-0.05, 0) is 24.3 Å². The highest BCUT2D eigenvalue weighted by atomic mass is 16.2. The highest BCUT2D eigenvalue weighted by Gasteiger charge is 2.20. The van der Waals surface area contributed by atoms with Crippen LogP contribution in [0.5, 0.6) is 0 Å². The lowest BCUT2D eigenvalue weighted by Crippen LogP contribution is -2.48. The molecule has 1 aliphatic heterocycles. The number of carbonyl (C=O) groups excluding carboxylic acids is 2. The van der Waals surface area contributed by atoms with E-state index < -0.39 is 5.91 Å². The molecule has 2 heterocycles. The maximum absolute atomic E-state index is 12.2. The molecule has 0 bridgehead atoms. The molecule has 0 unspecified atom stereocenters. The highest BCUT2D eigenvalue weighted by Crippen LogP contribution is 2.12. The van der Waals surface area contributed by atoms with Crippen molar-refractivity contribution < 1.29 is 9.59 Å². The van der Waals surface area contributed by atoms with Crippen molar-refractivity contribution >= 4 is 23.3 Å². The number of rotatable bonds is 5.